The molecule has 2 rings (SSSR count). The van der Waals surface area contributed by atoms with Crippen molar-refractivity contribution in [3.63, 3.8) is 0 Å². The number of nitrogens with zero attached hydrogens (tertiary/aromatic N) is 2. The minimum atomic E-state index is -0.612. The lowest BCUT2D eigenvalue weighted by Gasteiger charge is -2.22. The summed E-state index contributed by atoms with van der Waals surface area (Å²) in [5.74, 6) is 0.524. The molecule has 0 aliphatic carbocycles. The quantitative estimate of drug-likeness (QED) is 0.367. The van der Waals surface area contributed by atoms with Crippen LogP contribution < -0.4 is 21.5 Å². The largest absolute Gasteiger partial charge is 0.489 e. The van der Waals surface area contributed by atoms with Crippen LogP contribution in [0.2, 0.25) is 0 Å². The monoisotopic (exact) mass is 411 g/mol. The summed E-state index contributed by atoms with van der Waals surface area (Å²) in [4.78, 5) is 12.1. The number of nitrogens with two attached hydrogens (primary N) is 2. The summed E-state index contributed by atoms with van der Waals surface area (Å²) < 4.78 is 11.1. The molecule has 30 heavy (non-hydrogen) atoms. The number of guanidine groups is 1. The normalized spacial score (nSPS) is 12.6. The highest BCUT2D eigenvalue weighted by atomic mass is 16.6. The Bertz CT molecular complexity index is 883. The van der Waals surface area contributed by atoms with E-state index in [0.717, 1.165) is 11.1 Å². The summed E-state index contributed by atoms with van der Waals surface area (Å²) in [6.45, 7) is 7.61. The molecule has 1 amide bonds. The van der Waals surface area contributed by atoms with E-state index in [1.54, 1.807) is 27.7 Å². The number of amides is 1. The average Bonchev–Trinajstić information content (AvgIpc) is 2.66. The second-order valence-electron chi connectivity index (χ2n) is 7.68. The van der Waals surface area contributed by atoms with E-state index >= 15 is 0 Å². The summed E-state index contributed by atoms with van der Waals surface area (Å²) in [5, 5.41) is 10.6. The minimum absolute atomic E-state index is 0.181. The van der Waals surface area contributed by atoms with Gasteiger partial charge in [0.2, 0.25) is 5.96 Å². The molecule has 2 aromatic rings. The van der Waals surface area contributed by atoms with Crippen LogP contribution in [-0.2, 0) is 11.3 Å². The van der Waals surface area contributed by atoms with E-state index in [9.17, 15) is 4.79 Å². The van der Waals surface area contributed by atoms with E-state index in [4.69, 9.17) is 20.9 Å². The fraction of sp³-hybridized carbons (Fsp3) is 0.318. The number of carbonyl (C=O) groups excluding carboxylic acids is 1. The van der Waals surface area contributed by atoms with Crippen LogP contribution in [0.5, 0.6) is 5.75 Å². The maximum atomic E-state index is 12.1. The molecule has 8 nitrogen and oxygen atoms in total. The number of alkyl carbamates (subject to hydrolysis) is 1. The molecule has 0 aliphatic rings. The van der Waals surface area contributed by atoms with E-state index in [2.05, 4.69) is 15.5 Å². The molecule has 0 aliphatic heterocycles. The fourth-order valence-corrected chi connectivity index (χ4v) is 2.52. The van der Waals surface area contributed by atoms with E-state index < -0.39 is 17.7 Å². The lowest BCUT2D eigenvalue weighted by atomic mass is 10.0. The second kappa shape index (κ2) is 10.3. The van der Waals surface area contributed by atoms with Crippen molar-refractivity contribution >= 4 is 17.8 Å². The van der Waals surface area contributed by atoms with E-state index in [-0.39, 0.29) is 5.96 Å². The first-order chi connectivity index (χ1) is 14.1. The molecule has 0 radical (unpaired) electrons. The maximum Gasteiger partial charge on any atom is 0.408 e. The molecular weight excluding hydrogens is 382 g/mol. The van der Waals surface area contributed by atoms with Crippen molar-refractivity contribution in [1.29, 1.82) is 0 Å². The number of carbonyl (C=O) groups is 1. The van der Waals surface area contributed by atoms with Gasteiger partial charge in [0.15, 0.2) is 0 Å². The number of nitrogens with one attached hydrogen (secondary N) is 1. The standard InChI is InChI=1S/C22H29N5O3/c1-15(25-21(28)30-22(2,3)4)19(26-27-20(23)24)17-10-12-18(13-11-17)29-14-16-8-6-5-7-9-16/h5-13,15H,14H2,1-4H3,(H,25,28)(H4,23,24,27)/b26-19+. The molecule has 0 heterocycles. The summed E-state index contributed by atoms with van der Waals surface area (Å²) >= 11 is 0. The van der Waals surface area contributed by atoms with Crippen molar-refractivity contribution in [2.75, 3.05) is 0 Å². The van der Waals surface area contributed by atoms with Gasteiger partial charge in [-0.1, -0.05) is 30.3 Å². The van der Waals surface area contributed by atoms with Gasteiger partial charge in [-0.05, 0) is 57.5 Å². The van der Waals surface area contributed by atoms with Gasteiger partial charge < -0.3 is 26.3 Å². The van der Waals surface area contributed by atoms with Crippen LogP contribution in [0.1, 0.15) is 38.8 Å². The van der Waals surface area contributed by atoms with Gasteiger partial charge in [0.05, 0.1) is 11.8 Å². The minimum Gasteiger partial charge on any atom is -0.489 e. The van der Waals surface area contributed by atoms with Crippen molar-refractivity contribution in [2.24, 2.45) is 21.7 Å². The van der Waals surface area contributed by atoms with Gasteiger partial charge in [-0.2, -0.15) is 0 Å². The Morgan fingerprint density at radius 2 is 1.67 bits per heavy atom. The van der Waals surface area contributed by atoms with Crippen molar-refractivity contribution in [1.82, 2.24) is 5.32 Å². The molecule has 1 unspecified atom stereocenters. The number of hydrogen-bond donors (Lipinski definition) is 3. The molecule has 8 heteroatoms. The first-order valence-corrected chi connectivity index (χ1v) is 9.57. The van der Waals surface area contributed by atoms with Gasteiger partial charge in [0.25, 0.3) is 0 Å². The molecular formula is C22H29N5O3. The van der Waals surface area contributed by atoms with E-state index in [1.165, 1.54) is 0 Å². The number of rotatable bonds is 7. The zero-order chi connectivity index (χ0) is 22.1. The Morgan fingerprint density at radius 3 is 2.23 bits per heavy atom. The number of hydrogen-bond acceptors (Lipinski definition) is 5. The van der Waals surface area contributed by atoms with Crippen molar-refractivity contribution in [2.45, 2.75) is 45.9 Å². The van der Waals surface area contributed by atoms with Crippen molar-refractivity contribution in [3.05, 3.63) is 65.7 Å². The lowest BCUT2D eigenvalue weighted by Crippen LogP contribution is -2.42. The second-order valence-corrected chi connectivity index (χ2v) is 7.68. The molecule has 0 aromatic heterocycles. The number of ether oxygens (including phenoxy) is 2. The highest BCUT2D eigenvalue weighted by Crippen LogP contribution is 2.16. The predicted octanol–water partition coefficient (Wildman–Crippen LogP) is 3.16. The van der Waals surface area contributed by atoms with E-state index in [0.29, 0.717) is 18.1 Å². The van der Waals surface area contributed by atoms with Crippen LogP contribution in [0.25, 0.3) is 0 Å². The Morgan fingerprint density at radius 1 is 1.03 bits per heavy atom. The van der Waals surface area contributed by atoms with Crippen LogP contribution in [0.15, 0.2) is 64.8 Å². The van der Waals surface area contributed by atoms with Gasteiger partial charge in [-0.25, -0.2) is 4.79 Å². The first-order valence-electron chi connectivity index (χ1n) is 9.57. The Labute approximate surface area is 177 Å². The highest BCUT2D eigenvalue weighted by molar-refractivity contribution is 6.05. The molecule has 0 saturated carbocycles. The predicted molar refractivity (Wildman–Crippen MR) is 118 cm³/mol. The highest BCUT2D eigenvalue weighted by Gasteiger charge is 2.21. The molecule has 5 N–H and O–H groups in total. The van der Waals surface area contributed by atoms with Gasteiger partial charge in [-0.3, -0.25) is 0 Å². The summed E-state index contributed by atoms with van der Waals surface area (Å²) in [6, 6.07) is 16.7. The molecule has 1 atom stereocenters. The molecule has 0 spiro atoms. The molecule has 0 fully saturated rings. The Kier molecular flexibility index (Phi) is 7.80. The van der Waals surface area contributed by atoms with Crippen molar-refractivity contribution < 1.29 is 14.3 Å². The zero-order valence-corrected chi connectivity index (χ0v) is 17.8. The van der Waals surface area contributed by atoms with E-state index in [1.807, 2.05) is 54.6 Å². The Hall–Kier alpha value is -3.55. The lowest BCUT2D eigenvalue weighted by molar-refractivity contribution is 0.0521. The summed E-state index contributed by atoms with van der Waals surface area (Å²) in [7, 11) is 0. The van der Waals surface area contributed by atoms with Crippen molar-refractivity contribution in [3.8, 4) is 5.75 Å². The third-order valence-electron chi connectivity index (χ3n) is 3.82. The molecule has 2 aromatic carbocycles. The number of benzene rings is 2. The van der Waals surface area contributed by atoms with Gasteiger partial charge in [0, 0.05) is 5.56 Å². The van der Waals surface area contributed by atoms with Crippen LogP contribution in [0.3, 0.4) is 0 Å². The van der Waals surface area contributed by atoms with Crippen LogP contribution in [0, 0.1) is 0 Å². The fourth-order valence-electron chi connectivity index (χ4n) is 2.52. The first kappa shape index (κ1) is 22.7. The summed E-state index contributed by atoms with van der Waals surface area (Å²) in [6.07, 6.45) is -0.560. The SMILES string of the molecule is CC(NC(=O)OC(C)(C)C)/C(=N\N=C(N)N)c1ccc(OCc2ccccc2)cc1. The topological polar surface area (TPSA) is 124 Å². The smallest absolute Gasteiger partial charge is 0.408 e. The third kappa shape index (κ3) is 7.83. The molecule has 160 valence electrons. The maximum absolute atomic E-state index is 12.1. The van der Waals surface area contributed by atoms with Gasteiger partial charge >= 0.3 is 6.09 Å². The Balaban J connectivity index is 2.13. The molecule has 0 saturated heterocycles. The zero-order valence-electron chi connectivity index (χ0n) is 17.8. The summed E-state index contributed by atoms with van der Waals surface area (Å²) in [5.41, 5.74) is 12.5. The molecule has 0 bridgehead atoms. The van der Waals surface area contributed by atoms with Gasteiger partial charge in [-0.15, -0.1) is 10.2 Å². The van der Waals surface area contributed by atoms with Crippen LogP contribution >= 0.6 is 0 Å². The van der Waals surface area contributed by atoms with Gasteiger partial charge in [0.1, 0.15) is 18.0 Å². The van der Waals surface area contributed by atoms with Crippen LogP contribution in [0.4, 0.5) is 4.79 Å². The average molecular weight is 412 g/mol. The third-order valence-corrected chi connectivity index (χ3v) is 3.82. The van der Waals surface area contributed by atoms with Crippen LogP contribution in [-0.4, -0.2) is 29.4 Å².